The Kier molecular flexibility index (Phi) is 4.82. The Balaban J connectivity index is 2.19. The van der Waals surface area contributed by atoms with E-state index in [9.17, 15) is 10.4 Å². The minimum atomic E-state index is -0.802. The molecule has 1 aliphatic heterocycles. The molecule has 1 heterocycles. The zero-order valence-electron chi connectivity index (χ0n) is 10.9. The van der Waals surface area contributed by atoms with E-state index in [0.29, 0.717) is 0 Å². The Labute approximate surface area is 127 Å². The van der Waals surface area contributed by atoms with Crippen LogP contribution < -0.4 is 0 Å². The molecular formula is C15H18INO2. The number of ether oxygens (including phenoxy) is 1. The minimum Gasteiger partial charge on any atom is -0.387 e. The molecule has 1 N–H and O–H groups in total. The topological polar surface area (TPSA) is 53.2 Å². The van der Waals surface area contributed by atoms with E-state index >= 15 is 0 Å². The second kappa shape index (κ2) is 6.21. The third-order valence-corrected chi connectivity index (χ3v) is 4.81. The van der Waals surface area contributed by atoms with Gasteiger partial charge >= 0.3 is 0 Å². The monoisotopic (exact) mass is 371 g/mol. The molecule has 0 amide bonds. The first-order valence-electron chi connectivity index (χ1n) is 6.47. The van der Waals surface area contributed by atoms with E-state index in [1.54, 1.807) is 0 Å². The molecule has 1 fully saturated rings. The summed E-state index contributed by atoms with van der Waals surface area (Å²) in [4.78, 5) is 0. The number of nitrogens with zero attached hydrogens (tertiary/aromatic N) is 1. The quantitative estimate of drug-likeness (QED) is 0.653. The first kappa shape index (κ1) is 14.8. The molecule has 2 rings (SSSR count). The molecule has 1 saturated heterocycles. The zero-order valence-corrected chi connectivity index (χ0v) is 13.1. The number of rotatable bonds is 4. The smallest absolute Gasteiger partial charge is 0.105 e. The van der Waals surface area contributed by atoms with Crippen molar-refractivity contribution in [2.24, 2.45) is 5.92 Å². The summed E-state index contributed by atoms with van der Waals surface area (Å²) < 4.78 is 6.93. The van der Waals surface area contributed by atoms with Gasteiger partial charge in [-0.25, -0.2) is 0 Å². The van der Waals surface area contributed by atoms with Crippen LogP contribution in [0.3, 0.4) is 0 Å². The van der Waals surface area contributed by atoms with Crippen molar-refractivity contribution in [1.29, 1.82) is 5.26 Å². The molecule has 0 radical (unpaired) electrons. The van der Waals surface area contributed by atoms with Gasteiger partial charge in [0, 0.05) is 4.43 Å². The fourth-order valence-electron chi connectivity index (χ4n) is 2.67. The van der Waals surface area contributed by atoms with Gasteiger partial charge in [-0.1, -0.05) is 52.9 Å². The molecule has 1 aromatic rings. The van der Waals surface area contributed by atoms with Crippen LogP contribution in [0, 0.1) is 17.2 Å². The SMILES string of the molecule is C[C@@]1([C@@H](C#N)[C@H](O)c2ccccc2)CC[C@@H](CI)O1. The maximum absolute atomic E-state index is 10.5. The van der Waals surface area contributed by atoms with Crippen molar-refractivity contribution in [1.82, 2.24) is 0 Å². The molecule has 0 spiro atoms. The normalized spacial score (nSPS) is 29.7. The van der Waals surface area contributed by atoms with Gasteiger partial charge in [-0.3, -0.25) is 0 Å². The lowest BCUT2D eigenvalue weighted by Crippen LogP contribution is -2.38. The molecule has 0 unspecified atom stereocenters. The van der Waals surface area contributed by atoms with Gasteiger partial charge < -0.3 is 9.84 Å². The first-order valence-corrected chi connectivity index (χ1v) is 7.99. The van der Waals surface area contributed by atoms with Gasteiger partial charge in [-0.2, -0.15) is 5.26 Å². The van der Waals surface area contributed by atoms with Crippen LogP contribution in [0.4, 0.5) is 0 Å². The highest BCUT2D eigenvalue weighted by Gasteiger charge is 2.45. The third kappa shape index (κ3) is 3.10. The number of nitriles is 1. The molecular weight excluding hydrogens is 353 g/mol. The van der Waals surface area contributed by atoms with Crippen LogP contribution in [0.1, 0.15) is 31.4 Å². The molecule has 102 valence electrons. The number of hydrogen-bond acceptors (Lipinski definition) is 3. The summed E-state index contributed by atoms with van der Waals surface area (Å²) in [7, 11) is 0. The summed E-state index contributed by atoms with van der Waals surface area (Å²) in [6.45, 7) is 1.94. The van der Waals surface area contributed by atoms with Crippen molar-refractivity contribution < 1.29 is 9.84 Å². The Morgan fingerprint density at radius 1 is 1.53 bits per heavy atom. The van der Waals surface area contributed by atoms with E-state index in [1.165, 1.54) is 0 Å². The lowest BCUT2D eigenvalue weighted by Gasteiger charge is -2.32. The second-order valence-corrected chi connectivity index (χ2v) is 6.09. The van der Waals surface area contributed by atoms with Crippen LogP contribution in [-0.2, 0) is 4.74 Å². The minimum absolute atomic E-state index is 0.199. The predicted molar refractivity (Wildman–Crippen MR) is 81.9 cm³/mol. The molecule has 0 aliphatic carbocycles. The van der Waals surface area contributed by atoms with Gasteiger partial charge in [-0.15, -0.1) is 0 Å². The summed E-state index contributed by atoms with van der Waals surface area (Å²) >= 11 is 2.30. The van der Waals surface area contributed by atoms with Crippen LogP contribution in [0.2, 0.25) is 0 Å². The predicted octanol–water partition coefficient (Wildman–Crippen LogP) is 3.23. The molecule has 4 atom stereocenters. The molecule has 0 bridgehead atoms. The molecule has 1 aliphatic rings. The van der Waals surface area contributed by atoms with E-state index < -0.39 is 17.6 Å². The van der Waals surface area contributed by atoms with E-state index in [1.807, 2.05) is 37.3 Å². The summed E-state index contributed by atoms with van der Waals surface area (Å²) in [6.07, 6.45) is 1.18. The highest BCUT2D eigenvalue weighted by Crippen LogP contribution is 2.42. The maximum Gasteiger partial charge on any atom is 0.105 e. The highest BCUT2D eigenvalue weighted by atomic mass is 127. The van der Waals surface area contributed by atoms with Crippen molar-refractivity contribution >= 4 is 22.6 Å². The number of hydrogen-bond donors (Lipinski definition) is 1. The summed E-state index contributed by atoms with van der Waals surface area (Å²) in [5, 5.41) is 19.9. The average molecular weight is 371 g/mol. The zero-order chi connectivity index (χ0) is 13.9. The van der Waals surface area contributed by atoms with E-state index in [0.717, 1.165) is 22.8 Å². The molecule has 19 heavy (non-hydrogen) atoms. The third-order valence-electron chi connectivity index (χ3n) is 3.82. The van der Waals surface area contributed by atoms with Crippen LogP contribution >= 0.6 is 22.6 Å². The molecule has 1 aromatic carbocycles. The summed E-state index contributed by atoms with van der Waals surface area (Å²) in [5.41, 5.74) is 0.219. The van der Waals surface area contributed by atoms with Gasteiger partial charge in [0.2, 0.25) is 0 Å². The van der Waals surface area contributed by atoms with E-state index in [2.05, 4.69) is 28.7 Å². The van der Waals surface area contributed by atoms with Crippen molar-refractivity contribution in [3.05, 3.63) is 35.9 Å². The van der Waals surface area contributed by atoms with Gasteiger partial charge in [0.25, 0.3) is 0 Å². The van der Waals surface area contributed by atoms with Crippen LogP contribution in [0.25, 0.3) is 0 Å². The van der Waals surface area contributed by atoms with Crippen molar-refractivity contribution in [2.45, 2.75) is 37.6 Å². The lowest BCUT2D eigenvalue weighted by atomic mass is 9.81. The number of benzene rings is 1. The van der Waals surface area contributed by atoms with E-state index in [4.69, 9.17) is 4.74 Å². The molecule has 4 heteroatoms. The number of halogens is 1. The molecule has 0 saturated carbocycles. The number of aliphatic hydroxyl groups is 1. The first-order chi connectivity index (χ1) is 9.10. The number of alkyl halides is 1. The Bertz CT molecular complexity index is 459. The lowest BCUT2D eigenvalue weighted by molar-refractivity contribution is -0.0771. The maximum atomic E-state index is 10.5. The van der Waals surface area contributed by atoms with Gasteiger partial charge in [0.05, 0.1) is 23.9 Å². The fraction of sp³-hybridized carbons (Fsp3) is 0.533. The van der Waals surface area contributed by atoms with E-state index in [-0.39, 0.29) is 6.10 Å². The van der Waals surface area contributed by atoms with Crippen LogP contribution in [-0.4, -0.2) is 21.2 Å². The van der Waals surface area contributed by atoms with Gasteiger partial charge in [0.15, 0.2) is 0 Å². The average Bonchev–Trinajstić information content (AvgIpc) is 2.83. The van der Waals surface area contributed by atoms with Crippen molar-refractivity contribution in [3.8, 4) is 6.07 Å². The Morgan fingerprint density at radius 3 is 2.74 bits per heavy atom. The van der Waals surface area contributed by atoms with Gasteiger partial charge in [0.1, 0.15) is 5.92 Å². The summed E-state index contributed by atoms with van der Waals surface area (Å²) in [6, 6.07) is 11.6. The molecule has 0 aromatic heterocycles. The van der Waals surface area contributed by atoms with Crippen LogP contribution in [0.5, 0.6) is 0 Å². The standard InChI is InChI=1S/C15H18INO2/c1-15(8-7-12(9-16)19-15)13(10-17)14(18)11-5-3-2-4-6-11/h2-6,12-14,18H,7-9H2,1H3/t12-,13-,14+,15-/m0/s1. The largest absolute Gasteiger partial charge is 0.387 e. The fourth-order valence-corrected chi connectivity index (χ4v) is 3.29. The van der Waals surface area contributed by atoms with Crippen molar-refractivity contribution in [3.63, 3.8) is 0 Å². The summed E-state index contributed by atoms with van der Waals surface area (Å²) in [5.74, 6) is -0.539. The Morgan fingerprint density at radius 2 is 2.21 bits per heavy atom. The highest BCUT2D eigenvalue weighted by molar-refractivity contribution is 14.1. The number of aliphatic hydroxyl groups excluding tert-OH is 1. The Hall–Kier alpha value is -0.640. The second-order valence-electron chi connectivity index (χ2n) is 5.21. The molecule has 3 nitrogen and oxygen atoms in total. The van der Waals surface area contributed by atoms with Gasteiger partial charge in [-0.05, 0) is 25.3 Å². The van der Waals surface area contributed by atoms with Crippen molar-refractivity contribution in [2.75, 3.05) is 4.43 Å². The van der Waals surface area contributed by atoms with Crippen LogP contribution in [0.15, 0.2) is 30.3 Å².